The lowest BCUT2D eigenvalue weighted by atomic mass is 10.2. The normalized spacial score (nSPS) is 9.12. The maximum atomic E-state index is 8.16. The van der Waals surface area contributed by atoms with E-state index in [1.165, 1.54) is 5.39 Å². The highest BCUT2D eigenvalue weighted by Gasteiger charge is 1.86. The minimum atomic E-state index is 0.681. The zero-order chi connectivity index (χ0) is 11.9. The minimum Gasteiger partial charge on any atom is -0.366 e. The molecule has 0 saturated heterocycles. The Morgan fingerprint density at radius 2 is 1.88 bits per heavy atom. The Morgan fingerprint density at radius 3 is 2.53 bits per heavy atom. The van der Waals surface area contributed by atoms with Crippen LogP contribution in [0.15, 0.2) is 61.1 Å². The molecule has 0 aliphatic carbocycles. The second-order valence-electron chi connectivity index (χ2n) is 3.41. The van der Waals surface area contributed by atoms with Crippen LogP contribution in [0.2, 0.25) is 0 Å². The van der Waals surface area contributed by atoms with Gasteiger partial charge in [0.15, 0.2) is 0 Å². The Bertz CT molecular complexity index is 556. The quantitative estimate of drug-likeness (QED) is 0.634. The predicted octanol–water partition coefficient (Wildman–Crippen LogP) is 3.12. The van der Waals surface area contributed by atoms with E-state index in [2.05, 4.69) is 22.1 Å². The Kier molecular flexibility index (Phi) is 3.51. The van der Waals surface area contributed by atoms with Crippen molar-refractivity contribution in [1.29, 1.82) is 5.26 Å². The number of benzene rings is 1. The summed E-state index contributed by atoms with van der Waals surface area (Å²) < 4.78 is 0. The van der Waals surface area contributed by atoms with Crippen LogP contribution in [0.1, 0.15) is 5.56 Å². The zero-order valence-electron chi connectivity index (χ0n) is 9.17. The van der Waals surface area contributed by atoms with Crippen LogP contribution < -0.4 is 0 Å². The van der Waals surface area contributed by atoms with Crippen LogP contribution in [-0.4, -0.2) is 9.97 Å². The molecule has 0 bridgehead atoms. The number of rotatable bonds is 0. The van der Waals surface area contributed by atoms with Gasteiger partial charge in [0.05, 0.1) is 11.1 Å². The number of hydrogen-bond donors (Lipinski definition) is 1. The molecule has 0 aliphatic rings. The van der Waals surface area contributed by atoms with Gasteiger partial charge in [-0.25, -0.2) is 0 Å². The molecule has 0 amide bonds. The lowest BCUT2D eigenvalue weighted by Gasteiger charge is -1.91. The van der Waals surface area contributed by atoms with Crippen LogP contribution in [0.4, 0.5) is 0 Å². The molecule has 3 aromatic rings. The van der Waals surface area contributed by atoms with Gasteiger partial charge >= 0.3 is 0 Å². The highest BCUT2D eigenvalue weighted by Crippen LogP contribution is 2.07. The lowest BCUT2D eigenvalue weighted by Crippen LogP contribution is -1.73. The van der Waals surface area contributed by atoms with Crippen molar-refractivity contribution in [3.05, 3.63) is 66.6 Å². The SMILES string of the molecule is N#Cc1cc[nH]c1.c1ccc2ncccc2c1. The van der Waals surface area contributed by atoms with Crippen LogP contribution >= 0.6 is 0 Å². The summed E-state index contributed by atoms with van der Waals surface area (Å²) in [4.78, 5) is 6.94. The Labute approximate surface area is 99.4 Å². The molecule has 0 spiro atoms. The number of H-pyrrole nitrogens is 1. The van der Waals surface area contributed by atoms with Gasteiger partial charge in [0, 0.05) is 24.0 Å². The first-order valence-corrected chi connectivity index (χ1v) is 5.23. The third-order valence-corrected chi connectivity index (χ3v) is 2.24. The van der Waals surface area contributed by atoms with E-state index in [4.69, 9.17) is 5.26 Å². The molecular formula is C14H11N3. The molecule has 3 rings (SSSR count). The van der Waals surface area contributed by atoms with Crippen LogP contribution in [0.5, 0.6) is 0 Å². The van der Waals surface area contributed by atoms with Crippen LogP contribution in [0, 0.1) is 11.3 Å². The van der Waals surface area contributed by atoms with Crippen molar-refractivity contribution in [3.8, 4) is 6.07 Å². The van der Waals surface area contributed by atoms with E-state index in [1.54, 1.807) is 18.5 Å². The fourth-order valence-corrected chi connectivity index (χ4v) is 1.41. The van der Waals surface area contributed by atoms with Gasteiger partial charge in [-0.3, -0.25) is 4.98 Å². The van der Waals surface area contributed by atoms with Crippen LogP contribution in [0.3, 0.4) is 0 Å². The zero-order valence-corrected chi connectivity index (χ0v) is 9.17. The van der Waals surface area contributed by atoms with Gasteiger partial charge < -0.3 is 4.98 Å². The van der Waals surface area contributed by atoms with Crippen molar-refractivity contribution >= 4 is 10.9 Å². The van der Waals surface area contributed by atoms with Gasteiger partial charge in [-0.15, -0.1) is 0 Å². The monoisotopic (exact) mass is 221 g/mol. The fraction of sp³-hybridized carbons (Fsp3) is 0. The van der Waals surface area contributed by atoms with E-state index in [-0.39, 0.29) is 0 Å². The number of nitrogens with one attached hydrogen (secondary N) is 1. The van der Waals surface area contributed by atoms with Crippen molar-refractivity contribution in [2.24, 2.45) is 0 Å². The largest absolute Gasteiger partial charge is 0.366 e. The summed E-state index contributed by atoms with van der Waals surface area (Å²) in [5.41, 5.74) is 1.74. The van der Waals surface area contributed by atoms with E-state index < -0.39 is 0 Å². The summed E-state index contributed by atoms with van der Waals surface area (Å²) in [6.45, 7) is 0. The van der Waals surface area contributed by atoms with E-state index in [0.717, 1.165) is 5.52 Å². The van der Waals surface area contributed by atoms with Gasteiger partial charge in [-0.2, -0.15) is 5.26 Å². The number of nitriles is 1. The third kappa shape index (κ3) is 2.93. The number of aromatic amines is 1. The van der Waals surface area contributed by atoms with Gasteiger partial charge in [0.2, 0.25) is 0 Å². The summed E-state index contributed by atoms with van der Waals surface area (Å²) in [6, 6.07) is 15.8. The number of hydrogen-bond acceptors (Lipinski definition) is 2. The molecule has 0 fully saturated rings. The molecule has 0 radical (unpaired) electrons. The number of para-hydroxylation sites is 1. The second-order valence-corrected chi connectivity index (χ2v) is 3.41. The average Bonchev–Trinajstić information content (AvgIpc) is 2.93. The average molecular weight is 221 g/mol. The molecule has 1 aromatic carbocycles. The van der Waals surface area contributed by atoms with E-state index in [9.17, 15) is 0 Å². The van der Waals surface area contributed by atoms with Gasteiger partial charge in [-0.05, 0) is 18.2 Å². The van der Waals surface area contributed by atoms with Crippen LogP contribution in [-0.2, 0) is 0 Å². The summed E-state index contributed by atoms with van der Waals surface area (Å²) in [7, 11) is 0. The summed E-state index contributed by atoms with van der Waals surface area (Å²) in [5, 5.41) is 9.36. The van der Waals surface area contributed by atoms with Crippen LogP contribution in [0.25, 0.3) is 10.9 Å². The number of nitrogens with zero attached hydrogens (tertiary/aromatic N) is 2. The molecule has 1 N–H and O–H groups in total. The molecule has 0 saturated carbocycles. The molecule has 82 valence electrons. The molecule has 3 nitrogen and oxygen atoms in total. The first kappa shape index (κ1) is 10.9. The molecule has 0 aliphatic heterocycles. The number of pyridine rings is 1. The topological polar surface area (TPSA) is 52.5 Å². The summed E-state index contributed by atoms with van der Waals surface area (Å²) in [5.74, 6) is 0. The Hall–Kier alpha value is -2.60. The summed E-state index contributed by atoms with van der Waals surface area (Å²) in [6.07, 6.45) is 5.18. The van der Waals surface area contributed by atoms with E-state index >= 15 is 0 Å². The molecule has 2 aromatic heterocycles. The van der Waals surface area contributed by atoms with Crippen molar-refractivity contribution in [2.45, 2.75) is 0 Å². The van der Waals surface area contributed by atoms with Crippen molar-refractivity contribution in [2.75, 3.05) is 0 Å². The smallest absolute Gasteiger partial charge is 0.101 e. The lowest BCUT2D eigenvalue weighted by molar-refractivity contribution is 1.40. The molecule has 17 heavy (non-hydrogen) atoms. The molecule has 0 unspecified atom stereocenters. The molecular weight excluding hydrogens is 210 g/mol. The number of fused-ring (bicyclic) bond motifs is 1. The number of aromatic nitrogens is 2. The molecule has 3 heteroatoms. The van der Waals surface area contributed by atoms with E-state index in [1.807, 2.05) is 36.5 Å². The molecule has 0 atom stereocenters. The highest BCUT2D eigenvalue weighted by molar-refractivity contribution is 5.77. The Morgan fingerprint density at radius 1 is 1.06 bits per heavy atom. The maximum Gasteiger partial charge on any atom is 0.101 e. The second kappa shape index (κ2) is 5.47. The van der Waals surface area contributed by atoms with Crippen molar-refractivity contribution in [3.63, 3.8) is 0 Å². The van der Waals surface area contributed by atoms with Gasteiger partial charge in [-0.1, -0.05) is 24.3 Å². The maximum absolute atomic E-state index is 8.16. The molecule has 2 heterocycles. The minimum absolute atomic E-state index is 0.681. The van der Waals surface area contributed by atoms with E-state index in [0.29, 0.717) is 5.56 Å². The first-order chi connectivity index (χ1) is 8.40. The fourth-order valence-electron chi connectivity index (χ4n) is 1.41. The van der Waals surface area contributed by atoms with Gasteiger partial charge in [0.25, 0.3) is 0 Å². The van der Waals surface area contributed by atoms with Crippen molar-refractivity contribution in [1.82, 2.24) is 9.97 Å². The van der Waals surface area contributed by atoms with Gasteiger partial charge in [0.1, 0.15) is 6.07 Å². The summed E-state index contributed by atoms with van der Waals surface area (Å²) >= 11 is 0. The third-order valence-electron chi connectivity index (χ3n) is 2.24. The standard InChI is InChI=1S/C9H7N.C5H4N2/c1-2-6-9-8(4-1)5-3-7-10-9;6-3-5-1-2-7-4-5/h1-7H;1-2,4,7H. The predicted molar refractivity (Wildman–Crippen MR) is 67.3 cm³/mol. The first-order valence-electron chi connectivity index (χ1n) is 5.23. The highest BCUT2D eigenvalue weighted by atomic mass is 14.6. The van der Waals surface area contributed by atoms with Crippen molar-refractivity contribution < 1.29 is 0 Å². The Balaban J connectivity index is 0.000000136.